The van der Waals surface area contributed by atoms with E-state index in [1.54, 1.807) is 12.1 Å². The molecule has 13 heavy (non-hydrogen) atoms. The van der Waals surface area contributed by atoms with E-state index in [9.17, 15) is 4.79 Å². The number of esters is 1. The summed E-state index contributed by atoms with van der Waals surface area (Å²) < 4.78 is 4.53. The Bertz CT molecular complexity index is 348. The van der Waals surface area contributed by atoms with Crippen LogP contribution in [0.2, 0.25) is 10.0 Å². The van der Waals surface area contributed by atoms with Crippen LogP contribution in [0.5, 0.6) is 0 Å². The van der Waals surface area contributed by atoms with Crippen molar-refractivity contribution in [3.63, 3.8) is 0 Å². The zero-order valence-electron chi connectivity index (χ0n) is 7.23. The Hall–Kier alpha value is -0.730. The molecule has 0 N–H and O–H groups in total. The number of benzene rings is 1. The highest BCUT2D eigenvalue weighted by atomic mass is 35.5. The van der Waals surface area contributed by atoms with Gasteiger partial charge in [-0.15, -0.1) is 0 Å². The molecule has 0 aromatic heterocycles. The summed E-state index contributed by atoms with van der Waals surface area (Å²) in [6.45, 7) is 1.81. The first-order valence-electron chi connectivity index (χ1n) is 3.61. The van der Waals surface area contributed by atoms with Crippen LogP contribution in [0.3, 0.4) is 0 Å². The minimum absolute atomic E-state index is 0.244. The number of hydrogen-bond acceptors (Lipinski definition) is 2. The second-order valence-corrected chi connectivity index (χ2v) is 3.31. The van der Waals surface area contributed by atoms with Crippen LogP contribution in [0.25, 0.3) is 0 Å². The minimum atomic E-state index is -0.480. The van der Waals surface area contributed by atoms with Gasteiger partial charge in [0.25, 0.3) is 0 Å². The van der Waals surface area contributed by atoms with Gasteiger partial charge in [-0.2, -0.15) is 0 Å². The van der Waals surface area contributed by atoms with Gasteiger partial charge >= 0.3 is 5.97 Å². The summed E-state index contributed by atoms with van der Waals surface area (Å²) in [5.74, 6) is -0.480. The fraction of sp³-hybridized carbons (Fsp3) is 0.222. The van der Waals surface area contributed by atoms with Crippen LogP contribution in [0, 0.1) is 6.92 Å². The molecule has 0 aliphatic carbocycles. The molecule has 0 amide bonds. The number of halogens is 2. The van der Waals surface area contributed by atoms with Crippen LogP contribution in [-0.2, 0) is 4.74 Å². The fourth-order valence-corrected chi connectivity index (χ4v) is 1.37. The van der Waals surface area contributed by atoms with Gasteiger partial charge in [-0.05, 0) is 18.6 Å². The van der Waals surface area contributed by atoms with E-state index in [0.717, 1.165) is 5.56 Å². The van der Waals surface area contributed by atoms with Crippen LogP contribution in [0.4, 0.5) is 0 Å². The summed E-state index contributed by atoms with van der Waals surface area (Å²) in [6, 6.07) is 3.32. The summed E-state index contributed by atoms with van der Waals surface area (Å²) in [5.41, 5.74) is 1.12. The molecule has 0 atom stereocenters. The number of rotatable bonds is 1. The monoisotopic (exact) mass is 218 g/mol. The minimum Gasteiger partial charge on any atom is -0.465 e. The summed E-state index contributed by atoms with van der Waals surface area (Å²) in [6.07, 6.45) is 0. The molecular weight excluding hydrogens is 211 g/mol. The van der Waals surface area contributed by atoms with Gasteiger partial charge < -0.3 is 4.74 Å². The maximum absolute atomic E-state index is 11.1. The van der Waals surface area contributed by atoms with Crippen LogP contribution >= 0.6 is 23.2 Å². The molecule has 2 nitrogen and oxygen atoms in total. The average molecular weight is 219 g/mol. The molecule has 0 spiro atoms. The maximum atomic E-state index is 11.1. The lowest BCUT2D eigenvalue weighted by atomic mass is 10.1. The van der Waals surface area contributed by atoms with E-state index >= 15 is 0 Å². The fourth-order valence-electron chi connectivity index (χ4n) is 0.914. The molecule has 1 aromatic carbocycles. The molecule has 0 radical (unpaired) electrons. The molecular formula is C9H8Cl2O2. The average Bonchev–Trinajstić information content (AvgIpc) is 2.13. The molecule has 4 heteroatoms. The summed E-state index contributed by atoms with van der Waals surface area (Å²) in [5, 5.41) is 0.637. The SMILES string of the molecule is COC(=O)c1ccc(C)c(Cl)c1Cl. The molecule has 0 fully saturated rings. The van der Waals surface area contributed by atoms with E-state index < -0.39 is 5.97 Å². The van der Waals surface area contributed by atoms with Crippen LogP contribution < -0.4 is 0 Å². The van der Waals surface area contributed by atoms with Gasteiger partial charge in [0.1, 0.15) is 0 Å². The Balaban J connectivity index is 3.26. The number of carbonyl (C=O) groups is 1. The topological polar surface area (TPSA) is 26.3 Å². The summed E-state index contributed by atoms with van der Waals surface area (Å²) >= 11 is 11.7. The van der Waals surface area contributed by atoms with Crippen molar-refractivity contribution in [2.75, 3.05) is 7.11 Å². The van der Waals surface area contributed by atoms with Crippen LogP contribution in [0.1, 0.15) is 15.9 Å². The van der Waals surface area contributed by atoms with Crippen molar-refractivity contribution in [3.8, 4) is 0 Å². The lowest BCUT2D eigenvalue weighted by Gasteiger charge is -2.05. The number of ether oxygens (including phenoxy) is 1. The van der Waals surface area contributed by atoms with E-state index in [1.165, 1.54) is 7.11 Å². The van der Waals surface area contributed by atoms with Crippen molar-refractivity contribution in [1.82, 2.24) is 0 Å². The first kappa shape index (κ1) is 10.4. The predicted molar refractivity (Wildman–Crippen MR) is 52.5 cm³/mol. The van der Waals surface area contributed by atoms with Gasteiger partial charge in [-0.3, -0.25) is 0 Å². The van der Waals surface area contributed by atoms with Gasteiger partial charge in [-0.25, -0.2) is 4.79 Å². The standard InChI is InChI=1S/C9H8Cl2O2/c1-5-3-4-6(9(12)13-2)8(11)7(5)10/h3-4H,1-2H3. The third-order valence-electron chi connectivity index (χ3n) is 1.68. The molecule has 70 valence electrons. The highest BCUT2D eigenvalue weighted by molar-refractivity contribution is 6.44. The Morgan fingerprint density at radius 2 is 1.92 bits per heavy atom. The number of carbonyl (C=O) groups excluding carboxylic acids is 1. The molecule has 0 heterocycles. The number of hydrogen-bond donors (Lipinski definition) is 0. The zero-order valence-corrected chi connectivity index (χ0v) is 8.74. The first-order chi connectivity index (χ1) is 6.07. The van der Waals surface area contributed by atoms with Crippen molar-refractivity contribution in [1.29, 1.82) is 0 Å². The third kappa shape index (κ3) is 1.95. The Kier molecular flexibility index (Phi) is 3.17. The van der Waals surface area contributed by atoms with Crippen molar-refractivity contribution in [2.45, 2.75) is 6.92 Å². The molecule has 0 saturated carbocycles. The quantitative estimate of drug-likeness (QED) is 0.678. The lowest BCUT2D eigenvalue weighted by Crippen LogP contribution is -2.02. The summed E-state index contributed by atoms with van der Waals surface area (Å²) in [4.78, 5) is 11.1. The van der Waals surface area contributed by atoms with Gasteiger partial charge in [0.05, 0.1) is 22.7 Å². The van der Waals surface area contributed by atoms with Crippen molar-refractivity contribution in [3.05, 3.63) is 33.3 Å². The maximum Gasteiger partial charge on any atom is 0.339 e. The molecule has 0 unspecified atom stereocenters. The van der Waals surface area contributed by atoms with Gasteiger partial charge in [0.2, 0.25) is 0 Å². The van der Waals surface area contributed by atoms with Gasteiger partial charge in [0.15, 0.2) is 0 Å². The number of methoxy groups -OCH3 is 1. The highest BCUT2D eigenvalue weighted by Crippen LogP contribution is 2.29. The van der Waals surface area contributed by atoms with Gasteiger partial charge in [0, 0.05) is 0 Å². The molecule has 0 aliphatic heterocycles. The molecule has 1 aromatic rings. The van der Waals surface area contributed by atoms with E-state index in [4.69, 9.17) is 23.2 Å². The Labute approximate surface area is 86.4 Å². The van der Waals surface area contributed by atoms with Crippen LogP contribution in [-0.4, -0.2) is 13.1 Å². The molecule has 1 rings (SSSR count). The van der Waals surface area contributed by atoms with E-state index in [-0.39, 0.29) is 5.02 Å². The second kappa shape index (κ2) is 3.99. The predicted octanol–water partition coefficient (Wildman–Crippen LogP) is 3.09. The largest absolute Gasteiger partial charge is 0.465 e. The Morgan fingerprint density at radius 3 is 2.46 bits per heavy atom. The lowest BCUT2D eigenvalue weighted by molar-refractivity contribution is 0.0601. The highest BCUT2D eigenvalue weighted by Gasteiger charge is 2.13. The summed E-state index contributed by atoms with van der Waals surface area (Å²) in [7, 11) is 1.30. The molecule has 0 saturated heterocycles. The molecule has 0 aliphatic rings. The molecule has 0 bridgehead atoms. The van der Waals surface area contributed by atoms with E-state index in [0.29, 0.717) is 10.6 Å². The first-order valence-corrected chi connectivity index (χ1v) is 4.36. The van der Waals surface area contributed by atoms with E-state index in [2.05, 4.69) is 4.74 Å². The van der Waals surface area contributed by atoms with Gasteiger partial charge in [-0.1, -0.05) is 29.3 Å². The van der Waals surface area contributed by atoms with E-state index in [1.807, 2.05) is 6.92 Å². The second-order valence-electron chi connectivity index (χ2n) is 2.55. The van der Waals surface area contributed by atoms with Crippen molar-refractivity contribution < 1.29 is 9.53 Å². The normalized spacial score (nSPS) is 9.85. The third-order valence-corrected chi connectivity index (χ3v) is 2.66. The van der Waals surface area contributed by atoms with Crippen molar-refractivity contribution in [2.24, 2.45) is 0 Å². The smallest absolute Gasteiger partial charge is 0.339 e. The van der Waals surface area contributed by atoms with Crippen molar-refractivity contribution >= 4 is 29.2 Å². The Morgan fingerprint density at radius 1 is 1.31 bits per heavy atom. The zero-order chi connectivity index (χ0) is 10.0. The van der Waals surface area contributed by atoms with Crippen LogP contribution in [0.15, 0.2) is 12.1 Å². The number of aryl methyl sites for hydroxylation is 1.